The molecule has 0 spiro atoms. The van der Waals surface area contributed by atoms with Gasteiger partial charge < -0.3 is 19.7 Å². The Bertz CT molecular complexity index is 524. The van der Waals surface area contributed by atoms with Crippen LogP contribution < -0.4 is 11.2 Å². The molecule has 3 N–H and O–H groups in total. The van der Waals surface area contributed by atoms with Gasteiger partial charge in [-0.2, -0.15) is 0 Å². The summed E-state index contributed by atoms with van der Waals surface area (Å²) in [5, 5.41) is 18.9. The summed E-state index contributed by atoms with van der Waals surface area (Å²) < 4.78 is 11.5. The first kappa shape index (κ1) is 13.0. The van der Waals surface area contributed by atoms with Crippen LogP contribution in [0.1, 0.15) is 6.23 Å². The lowest BCUT2D eigenvalue weighted by molar-refractivity contribution is -0.0625. The average molecular weight is 258 g/mol. The highest BCUT2D eigenvalue weighted by molar-refractivity contribution is 4.93. The van der Waals surface area contributed by atoms with E-state index in [4.69, 9.17) is 14.6 Å². The van der Waals surface area contributed by atoms with Gasteiger partial charge in [-0.3, -0.25) is 14.3 Å². The first-order chi connectivity index (χ1) is 8.58. The van der Waals surface area contributed by atoms with Crippen molar-refractivity contribution >= 4 is 0 Å². The van der Waals surface area contributed by atoms with Crippen molar-refractivity contribution in [2.24, 2.45) is 0 Å². The lowest BCUT2D eigenvalue weighted by Gasteiger charge is -2.19. The Morgan fingerprint density at radius 2 is 2.28 bits per heavy atom. The summed E-state index contributed by atoms with van der Waals surface area (Å²) in [5.74, 6) is 0. The number of aromatic nitrogens is 2. The van der Waals surface area contributed by atoms with Crippen LogP contribution in [0.2, 0.25) is 0 Å². The maximum absolute atomic E-state index is 11.6. The van der Waals surface area contributed by atoms with Gasteiger partial charge in [0.25, 0.3) is 5.56 Å². The van der Waals surface area contributed by atoms with E-state index in [0.717, 1.165) is 10.6 Å². The average Bonchev–Trinajstić information content (AvgIpc) is 2.65. The second-order valence-corrected chi connectivity index (χ2v) is 3.96. The molecule has 1 aliphatic rings. The van der Waals surface area contributed by atoms with Gasteiger partial charge in [-0.25, -0.2) is 4.79 Å². The van der Waals surface area contributed by atoms with Crippen LogP contribution >= 0.6 is 0 Å². The van der Waals surface area contributed by atoms with Gasteiger partial charge in [0.1, 0.15) is 18.3 Å². The van der Waals surface area contributed by atoms with E-state index in [-0.39, 0.29) is 0 Å². The zero-order chi connectivity index (χ0) is 13.3. The Hall–Kier alpha value is -1.48. The van der Waals surface area contributed by atoms with Gasteiger partial charge >= 0.3 is 5.69 Å². The monoisotopic (exact) mass is 258 g/mol. The molecule has 1 aromatic rings. The van der Waals surface area contributed by atoms with Crippen molar-refractivity contribution in [1.29, 1.82) is 0 Å². The smallest absolute Gasteiger partial charge is 0.330 e. The van der Waals surface area contributed by atoms with Gasteiger partial charge in [-0.1, -0.05) is 0 Å². The van der Waals surface area contributed by atoms with Gasteiger partial charge in [0, 0.05) is 19.4 Å². The summed E-state index contributed by atoms with van der Waals surface area (Å²) in [6, 6.07) is 1.16. The van der Waals surface area contributed by atoms with Crippen molar-refractivity contribution in [3.8, 4) is 0 Å². The third-order valence-electron chi connectivity index (χ3n) is 2.89. The molecule has 8 heteroatoms. The number of H-pyrrole nitrogens is 1. The van der Waals surface area contributed by atoms with Gasteiger partial charge in [0.2, 0.25) is 0 Å². The SMILES string of the molecule is COC1[C@H](O)C(CO)O[C@H]1n1ccc(=O)[nH]c1=O. The van der Waals surface area contributed by atoms with Gasteiger partial charge in [-0.05, 0) is 0 Å². The molecule has 2 unspecified atom stereocenters. The van der Waals surface area contributed by atoms with E-state index in [0.29, 0.717) is 0 Å². The van der Waals surface area contributed by atoms with Crippen molar-refractivity contribution in [3.63, 3.8) is 0 Å². The Balaban J connectivity index is 2.38. The van der Waals surface area contributed by atoms with Crippen molar-refractivity contribution < 1.29 is 19.7 Å². The van der Waals surface area contributed by atoms with Crippen LogP contribution in [0.5, 0.6) is 0 Å². The topological polar surface area (TPSA) is 114 Å². The summed E-state index contributed by atoms with van der Waals surface area (Å²) in [6.45, 7) is -0.393. The van der Waals surface area contributed by atoms with Crippen molar-refractivity contribution in [3.05, 3.63) is 33.1 Å². The van der Waals surface area contributed by atoms with E-state index >= 15 is 0 Å². The molecule has 0 radical (unpaired) electrons. The standard InChI is InChI=1S/C10H14N2O6/c1-17-8-7(15)5(4-13)18-9(8)12-3-2-6(14)11-10(12)16/h2-3,5,7-9,13,15H,4H2,1H3,(H,11,14,16)/t5?,7-,8?,9-/m1/s1. The quantitative estimate of drug-likeness (QED) is 0.567. The van der Waals surface area contributed by atoms with Crippen LogP contribution in [0, 0.1) is 0 Å². The number of rotatable bonds is 3. The number of nitrogens with zero attached hydrogens (tertiary/aromatic N) is 1. The zero-order valence-electron chi connectivity index (χ0n) is 9.65. The highest BCUT2D eigenvalue weighted by Crippen LogP contribution is 2.29. The number of aliphatic hydroxyl groups is 2. The van der Waals surface area contributed by atoms with Gasteiger partial charge in [0.15, 0.2) is 6.23 Å². The number of aliphatic hydroxyl groups excluding tert-OH is 2. The number of ether oxygens (including phenoxy) is 2. The number of nitrogens with one attached hydrogen (secondary N) is 1. The zero-order valence-corrected chi connectivity index (χ0v) is 9.65. The molecule has 1 aliphatic heterocycles. The molecule has 1 saturated heterocycles. The molecule has 2 rings (SSSR count). The summed E-state index contributed by atoms with van der Waals surface area (Å²) in [7, 11) is 1.36. The Labute approximate surface area is 101 Å². The van der Waals surface area contributed by atoms with Crippen LogP contribution in [0.15, 0.2) is 21.9 Å². The van der Waals surface area contributed by atoms with Gasteiger partial charge in [-0.15, -0.1) is 0 Å². The molecule has 1 fully saturated rings. The van der Waals surface area contributed by atoms with E-state index in [2.05, 4.69) is 4.98 Å². The minimum Gasteiger partial charge on any atom is -0.394 e. The number of hydrogen-bond acceptors (Lipinski definition) is 6. The highest BCUT2D eigenvalue weighted by atomic mass is 16.6. The van der Waals surface area contributed by atoms with Crippen LogP contribution in [0.25, 0.3) is 0 Å². The number of aromatic amines is 1. The first-order valence-electron chi connectivity index (χ1n) is 5.37. The van der Waals surface area contributed by atoms with E-state index in [1.165, 1.54) is 13.3 Å². The highest BCUT2D eigenvalue weighted by Gasteiger charge is 2.45. The number of methoxy groups -OCH3 is 1. The molecule has 0 aliphatic carbocycles. The van der Waals surface area contributed by atoms with Crippen molar-refractivity contribution in [2.45, 2.75) is 24.5 Å². The molecular weight excluding hydrogens is 244 g/mol. The van der Waals surface area contributed by atoms with E-state index in [9.17, 15) is 14.7 Å². The summed E-state index contributed by atoms with van der Waals surface area (Å²) >= 11 is 0. The Morgan fingerprint density at radius 3 is 2.83 bits per heavy atom. The van der Waals surface area contributed by atoms with Crippen LogP contribution in [-0.4, -0.2) is 51.8 Å². The van der Waals surface area contributed by atoms with Crippen LogP contribution in [0.3, 0.4) is 0 Å². The van der Waals surface area contributed by atoms with Crippen molar-refractivity contribution in [2.75, 3.05) is 13.7 Å². The third-order valence-corrected chi connectivity index (χ3v) is 2.89. The molecule has 0 amide bonds. The molecule has 4 atom stereocenters. The molecule has 100 valence electrons. The molecule has 0 aromatic carbocycles. The predicted molar refractivity (Wildman–Crippen MR) is 59.1 cm³/mol. The lowest BCUT2D eigenvalue weighted by Crippen LogP contribution is -2.38. The maximum atomic E-state index is 11.6. The molecule has 18 heavy (non-hydrogen) atoms. The predicted octanol–water partition coefficient (Wildman–Crippen LogP) is -2.20. The molecule has 0 bridgehead atoms. The summed E-state index contributed by atoms with van der Waals surface area (Å²) in [6.07, 6.45) is -2.33. The fourth-order valence-electron chi connectivity index (χ4n) is 1.98. The van der Waals surface area contributed by atoms with Gasteiger partial charge in [0.05, 0.1) is 6.61 Å². The fourth-order valence-corrected chi connectivity index (χ4v) is 1.98. The minimum absolute atomic E-state index is 0.393. The second kappa shape index (κ2) is 5.02. The largest absolute Gasteiger partial charge is 0.394 e. The normalized spacial score (nSPS) is 31.7. The lowest BCUT2D eigenvalue weighted by atomic mass is 10.1. The minimum atomic E-state index is -1.05. The van der Waals surface area contributed by atoms with Crippen LogP contribution in [0.4, 0.5) is 0 Å². The summed E-state index contributed by atoms with van der Waals surface area (Å²) in [5.41, 5.74) is -1.19. The van der Waals surface area contributed by atoms with E-state index in [1.54, 1.807) is 0 Å². The van der Waals surface area contributed by atoms with Crippen molar-refractivity contribution in [1.82, 2.24) is 9.55 Å². The summed E-state index contributed by atoms with van der Waals surface area (Å²) in [4.78, 5) is 24.7. The van der Waals surface area contributed by atoms with E-state index < -0.39 is 42.4 Å². The van der Waals surface area contributed by atoms with E-state index in [1.807, 2.05) is 0 Å². The maximum Gasteiger partial charge on any atom is 0.330 e. The van der Waals surface area contributed by atoms with Crippen LogP contribution in [-0.2, 0) is 9.47 Å². The molecule has 2 heterocycles. The first-order valence-corrected chi connectivity index (χ1v) is 5.37. The molecular formula is C10H14N2O6. The molecule has 1 aromatic heterocycles. The molecule has 8 nitrogen and oxygen atoms in total. The Morgan fingerprint density at radius 1 is 1.56 bits per heavy atom. The second-order valence-electron chi connectivity index (χ2n) is 3.96. The molecule has 0 saturated carbocycles. The number of hydrogen-bond donors (Lipinski definition) is 3. The Kier molecular flexibility index (Phi) is 3.62. The fraction of sp³-hybridized carbons (Fsp3) is 0.600. The third kappa shape index (κ3) is 2.10.